The number of hydrogen-bond acceptors (Lipinski definition) is 6. The lowest BCUT2D eigenvalue weighted by Crippen LogP contribution is -2.46. The summed E-state index contributed by atoms with van der Waals surface area (Å²) in [4.78, 5) is 10.5. The molecule has 0 saturated heterocycles. The van der Waals surface area contributed by atoms with Crippen LogP contribution in [0.15, 0.2) is 12.1 Å². The molecule has 1 unspecified atom stereocenters. The van der Waals surface area contributed by atoms with Crippen LogP contribution in [0, 0.1) is 42.3 Å². The zero-order valence-corrected chi connectivity index (χ0v) is 13.0. The lowest BCUT2D eigenvalue weighted by atomic mass is 9.98. The SMILES string of the molecule is N#Cc1cc(I)c(OCC(N)(C#N)C2CC2)c([N+](=O)[O-])c1. The van der Waals surface area contributed by atoms with Crippen molar-refractivity contribution in [2.24, 2.45) is 11.7 Å². The zero-order valence-electron chi connectivity index (χ0n) is 10.9. The molecular formula is C13H11IN4O3. The van der Waals surface area contributed by atoms with Crippen molar-refractivity contribution in [3.63, 3.8) is 0 Å². The van der Waals surface area contributed by atoms with Gasteiger partial charge in [0, 0.05) is 6.07 Å². The molecule has 0 heterocycles. The van der Waals surface area contributed by atoms with Crippen molar-refractivity contribution >= 4 is 28.3 Å². The molecule has 7 nitrogen and oxygen atoms in total. The molecule has 0 amide bonds. The summed E-state index contributed by atoms with van der Waals surface area (Å²) >= 11 is 1.86. The second-order valence-electron chi connectivity index (χ2n) is 4.89. The van der Waals surface area contributed by atoms with Crippen LogP contribution in [0.1, 0.15) is 18.4 Å². The Labute approximate surface area is 134 Å². The van der Waals surface area contributed by atoms with Crippen LogP contribution in [0.25, 0.3) is 0 Å². The van der Waals surface area contributed by atoms with E-state index in [4.69, 9.17) is 21.0 Å². The highest BCUT2D eigenvalue weighted by Crippen LogP contribution is 2.40. The number of ether oxygens (including phenoxy) is 1. The van der Waals surface area contributed by atoms with Crippen LogP contribution in [0.5, 0.6) is 5.75 Å². The van der Waals surface area contributed by atoms with Gasteiger partial charge in [0.25, 0.3) is 0 Å². The Morgan fingerprint density at radius 3 is 2.67 bits per heavy atom. The van der Waals surface area contributed by atoms with Crippen molar-refractivity contribution in [3.05, 3.63) is 31.4 Å². The van der Waals surface area contributed by atoms with Gasteiger partial charge in [-0.15, -0.1) is 0 Å². The summed E-state index contributed by atoms with van der Waals surface area (Å²) in [6.45, 7) is -0.114. The number of nitrogens with zero attached hydrogens (tertiary/aromatic N) is 3. The van der Waals surface area contributed by atoms with E-state index in [9.17, 15) is 10.1 Å². The molecule has 108 valence electrons. The normalized spacial score (nSPS) is 16.4. The van der Waals surface area contributed by atoms with Gasteiger partial charge in [-0.25, -0.2) is 0 Å². The Morgan fingerprint density at radius 1 is 1.52 bits per heavy atom. The van der Waals surface area contributed by atoms with Crippen molar-refractivity contribution in [1.29, 1.82) is 10.5 Å². The maximum atomic E-state index is 11.1. The molecule has 0 radical (unpaired) electrons. The third-order valence-corrected chi connectivity index (χ3v) is 4.12. The molecule has 0 bridgehead atoms. The average Bonchev–Trinajstić information content (AvgIpc) is 3.29. The lowest BCUT2D eigenvalue weighted by Gasteiger charge is -2.21. The number of benzene rings is 1. The van der Waals surface area contributed by atoms with Crippen LogP contribution in [0.4, 0.5) is 5.69 Å². The van der Waals surface area contributed by atoms with Gasteiger partial charge < -0.3 is 10.5 Å². The van der Waals surface area contributed by atoms with E-state index in [-0.39, 0.29) is 29.5 Å². The molecular weight excluding hydrogens is 387 g/mol. The summed E-state index contributed by atoms with van der Waals surface area (Å²) in [5.41, 5.74) is 4.72. The van der Waals surface area contributed by atoms with E-state index >= 15 is 0 Å². The first-order valence-corrected chi connectivity index (χ1v) is 7.20. The standard InChI is InChI=1S/C13H11IN4O3/c14-10-3-8(5-15)4-11(18(19)20)12(10)21-7-13(17,6-16)9-1-2-9/h3-4,9H,1-2,7,17H2. The largest absolute Gasteiger partial charge is 0.483 e. The maximum absolute atomic E-state index is 11.1. The first-order valence-electron chi connectivity index (χ1n) is 6.12. The predicted molar refractivity (Wildman–Crippen MR) is 81.3 cm³/mol. The highest BCUT2D eigenvalue weighted by atomic mass is 127. The smallest absolute Gasteiger partial charge is 0.313 e. The second-order valence-corrected chi connectivity index (χ2v) is 6.05. The molecule has 0 spiro atoms. The quantitative estimate of drug-likeness (QED) is 0.460. The number of nitriles is 2. The van der Waals surface area contributed by atoms with E-state index in [1.807, 2.05) is 34.7 Å². The van der Waals surface area contributed by atoms with Crippen LogP contribution in [-0.4, -0.2) is 17.1 Å². The van der Waals surface area contributed by atoms with Crippen molar-refractivity contribution in [3.8, 4) is 17.9 Å². The summed E-state index contributed by atoms with van der Waals surface area (Å²) in [6, 6.07) is 6.53. The monoisotopic (exact) mass is 398 g/mol. The molecule has 0 aliphatic heterocycles. The highest BCUT2D eigenvalue weighted by Gasteiger charge is 2.44. The number of halogens is 1. The topological polar surface area (TPSA) is 126 Å². The predicted octanol–water partition coefficient (Wildman–Crippen LogP) is 2.08. The summed E-state index contributed by atoms with van der Waals surface area (Å²) in [5.74, 6) is 0.114. The van der Waals surface area contributed by atoms with Gasteiger partial charge in [-0.05, 0) is 47.4 Å². The summed E-state index contributed by atoms with van der Waals surface area (Å²) in [6.07, 6.45) is 1.72. The summed E-state index contributed by atoms with van der Waals surface area (Å²) < 4.78 is 5.92. The van der Waals surface area contributed by atoms with Gasteiger partial charge >= 0.3 is 5.69 Å². The average molecular weight is 398 g/mol. The van der Waals surface area contributed by atoms with Crippen molar-refractivity contribution in [1.82, 2.24) is 0 Å². The van der Waals surface area contributed by atoms with Gasteiger partial charge in [-0.3, -0.25) is 10.1 Å². The second kappa shape index (κ2) is 5.84. The minimum Gasteiger partial charge on any atom is -0.483 e. The number of nitro benzene ring substituents is 1. The van der Waals surface area contributed by atoms with E-state index in [0.29, 0.717) is 3.57 Å². The highest BCUT2D eigenvalue weighted by molar-refractivity contribution is 14.1. The molecule has 1 aromatic rings. The number of nitro groups is 1. The Hall–Kier alpha value is -1.91. The Balaban J connectivity index is 2.30. The van der Waals surface area contributed by atoms with E-state index in [1.54, 1.807) is 0 Å². The molecule has 1 fully saturated rings. The minimum absolute atomic E-state index is 0.0466. The number of nitrogens with two attached hydrogens (primary N) is 1. The summed E-state index contributed by atoms with van der Waals surface area (Å²) in [7, 11) is 0. The molecule has 1 aromatic carbocycles. The first-order chi connectivity index (χ1) is 9.91. The van der Waals surface area contributed by atoms with Crippen molar-refractivity contribution in [2.45, 2.75) is 18.4 Å². The van der Waals surface area contributed by atoms with Gasteiger partial charge in [-0.2, -0.15) is 10.5 Å². The molecule has 8 heteroatoms. The van der Waals surface area contributed by atoms with E-state index in [1.165, 1.54) is 6.07 Å². The fraction of sp³-hybridized carbons (Fsp3) is 0.385. The van der Waals surface area contributed by atoms with Crippen LogP contribution in [-0.2, 0) is 0 Å². The molecule has 0 aromatic heterocycles. The van der Waals surface area contributed by atoms with Crippen LogP contribution in [0.3, 0.4) is 0 Å². The summed E-state index contributed by atoms with van der Waals surface area (Å²) in [5, 5.41) is 29.1. The van der Waals surface area contributed by atoms with Crippen LogP contribution in [0.2, 0.25) is 0 Å². The van der Waals surface area contributed by atoms with Gasteiger partial charge in [0.15, 0.2) is 0 Å². The number of rotatable bonds is 5. The van der Waals surface area contributed by atoms with Gasteiger partial charge in [-0.1, -0.05) is 0 Å². The van der Waals surface area contributed by atoms with Crippen molar-refractivity contribution < 1.29 is 9.66 Å². The van der Waals surface area contributed by atoms with Gasteiger partial charge in [0.05, 0.1) is 26.2 Å². The molecule has 1 aliphatic rings. The molecule has 1 saturated carbocycles. The molecule has 2 N–H and O–H groups in total. The van der Waals surface area contributed by atoms with E-state index in [2.05, 4.69) is 0 Å². The van der Waals surface area contributed by atoms with E-state index < -0.39 is 10.5 Å². The maximum Gasteiger partial charge on any atom is 0.313 e. The molecule has 1 atom stereocenters. The Bertz CT molecular complexity index is 675. The fourth-order valence-corrected chi connectivity index (χ4v) is 2.72. The third-order valence-electron chi connectivity index (χ3n) is 3.32. The van der Waals surface area contributed by atoms with Crippen LogP contribution >= 0.6 is 22.6 Å². The minimum atomic E-state index is -1.13. The van der Waals surface area contributed by atoms with E-state index in [0.717, 1.165) is 18.9 Å². The Kier molecular flexibility index (Phi) is 4.30. The lowest BCUT2D eigenvalue weighted by molar-refractivity contribution is -0.386. The number of hydrogen-bond donors (Lipinski definition) is 1. The molecule has 1 aliphatic carbocycles. The molecule has 21 heavy (non-hydrogen) atoms. The molecule has 2 rings (SSSR count). The first kappa shape index (κ1) is 15.5. The van der Waals surface area contributed by atoms with Gasteiger partial charge in [0.1, 0.15) is 12.1 Å². The fourth-order valence-electron chi connectivity index (χ4n) is 1.95. The Morgan fingerprint density at radius 2 is 2.19 bits per heavy atom. The van der Waals surface area contributed by atoms with Gasteiger partial charge in [0.2, 0.25) is 5.75 Å². The zero-order chi connectivity index (χ0) is 15.6. The van der Waals surface area contributed by atoms with Crippen molar-refractivity contribution in [2.75, 3.05) is 6.61 Å². The third kappa shape index (κ3) is 3.23. The van der Waals surface area contributed by atoms with Crippen LogP contribution < -0.4 is 10.5 Å².